The first-order valence-corrected chi connectivity index (χ1v) is 9.04. The van der Waals surface area contributed by atoms with Crippen molar-refractivity contribution in [1.29, 1.82) is 5.26 Å². The van der Waals surface area contributed by atoms with Gasteiger partial charge in [0.15, 0.2) is 5.78 Å². The zero-order valence-corrected chi connectivity index (χ0v) is 16.1. The van der Waals surface area contributed by atoms with E-state index in [9.17, 15) is 24.7 Å². The van der Waals surface area contributed by atoms with Crippen molar-refractivity contribution < 1.29 is 19.4 Å². The summed E-state index contributed by atoms with van der Waals surface area (Å²) < 4.78 is 16.2. The monoisotopic (exact) mass is 386 g/mol. The number of nitrogens with zero attached hydrogens (tertiary/aromatic N) is 3. The van der Waals surface area contributed by atoms with Gasteiger partial charge >= 0.3 is 0 Å². The quantitative estimate of drug-likeness (QED) is 0.726. The molecule has 0 unspecified atom stereocenters. The molecule has 0 spiro atoms. The summed E-state index contributed by atoms with van der Waals surface area (Å²) in [6.45, 7) is 4.98. The second-order valence-corrected chi connectivity index (χ2v) is 7.93. The largest absolute Gasteiger partial charge is 0.394 e. The van der Waals surface area contributed by atoms with Gasteiger partial charge in [-0.1, -0.05) is 13.8 Å². The fourth-order valence-corrected chi connectivity index (χ4v) is 3.66. The molecule has 0 amide bonds. The average Bonchev–Trinajstić information content (AvgIpc) is 2.94. The molecule has 0 radical (unpaired) electrons. The number of aliphatic hydroxyl groups excluding tert-OH is 2. The van der Waals surface area contributed by atoms with Crippen LogP contribution in [0.2, 0.25) is 0 Å². The van der Waals surface area contributed by atoms with E-state index in [0.717, 1.165) is 5.69 Å². The first-order chi connectivity index (χ1) is 13.2. The maximum atomic E-state index is 14.6. The molecule has 2 aromatic rings. The van der Waals surface area contributed by atoms with Crippen LogP contribution in [0.1, 0.15) is 47.6 Å². The standard InChI is InChI=1S/C20H23FN4O3/c1-11-19-17(6-20(2,3)7-18(19)28)25(24-11)13-4-15(21)14(8-22)16(5-13)23-12(9-26)10-27/h4-5,12,23,26-27H,6-7,9-10H2,1-3H3. The molecule has 7 nitrogen and oxygen atoms in total. The molecule has 28 heavy (non-hydrogen) atoms. The number of benzene rings is 1. The number of Topliss-reactive ketones (excluding diaryl/α,β-unsaturated/α-hetero) is 1. The predicted octanol–water partition coefficient (Wildman–Crippen LogP) is 2.11. The molecule has 0 fully saturated rings. The highest BCUT2D eigenvalue weighted by atomic mass is 19.1. The predicted molar refractivity (Wildman–Crippen MR) is 101 cm³/mol. The second kappa shape index (κ2) is 7.34. The van der Waals surface area contributed by atoms with Crippen molar-refractivity contribution in [3.8, 4) is 11.8 Å². The van der Waals surface area contributed by atoms with Crippen LogP contribution in [0, 0.1) is 29.5 Å². The molecule has 3 rings (SSSR count). The molecule has 3 N–H and O–H groups in total. The number of nitrogens with one attached hydrogen (secondary N) is 1. The van der Waals surface area contributed by atoms with E-state index < -0.39 is 11.9 Å². The summed E-state index contributed by atoms with van der Waals surface area (Å²) in [5.74, 6) is -0.733. The summed E-state index contributed by atoms with van der Waals surface area (Å²) in [6.07, 6.45) is 1.03. The summed E-state index contributed by atoms with van der Waals surface area (Å²) in [4.78, 5) is 12.6. The van der Waals surface area contributed by atoms with Gasteiger partial charge in [-0.05, 0) is 24.8 Å². The lowest BCUT2D eigenvalue weighted by Gasteiger charge is -2.29. The number of aryl methyl sites for hydroxylation is 1. The lowest BCUT2D eigenvalue weighted by atomic mass is 9.75. The highest BCUT2D eigenvalue weighted by Crippen LogP contribution is 2.37. The first kappa shape index (κ1) is 20.0. The maximum Gasteiger partial charge on any atom is 0.167 e. The third-order valence-corrected chi connectivity index (χ3v) is 4.95. The SMILES string of the molecule is Cc1nn(-c2cc(F)c(C#N)c(NC(CO)CO)c2)c2c1C(=O)CC(C)(C)C2. The highest BCUT2D eigenvalue weighted by Gasteiger charge is 2.36. The van der Waals surface area contributed by atoms with Gasteiger partial charge in [0.05, 0.1) is 47.6 Å². The number of aliphatic hydroxyl groups is 2. The van der Waals surface area contributed by atoms with Gasteiger partial charge in [0.1, 0.15) is 17.4 Å². The van der Waals surface area contributed by atoms with Gasteiger partial charge in [-0.15, -0.1) is 0 Å². The molecule has 0 bridgehead atoms. The Hall–Kier alpha value is -2.76. The third kappa shape index (κ3) is 3.51. The van der Waals surface area contributed by atoms with Gasteiger partial charge in [0.25, 0.3) is 0 Å². The third-order valence-electron chi connectivity index (χ3n) is 4.95. The minimum absolute atomic E-state index is 0.0168. The highest BCUT2D eigenvalue weighted by molar-refractivity contribution is 5.99. The summed E-state index contributed by atoms with van der Waals surface area (Å²) in [7, 11) is 0. The lowest BCUT2D eigenvalue weighted by Crippen LogP contribution is -2.29. The number of carbonyl (C=O) groups is 1. The van der Waals surface area contributed by atoms with Crippen molar-refractivity contribution in [1.82, 2.24) is 9.78 Å². The molecular weight excluding hydrogens is 363 g/mol. The van der Waals surface area contributed by atoms with Gasteiger partial charge in [-0.2, -0.15) is 10.4 Å². The number of halogens is 1. The molecule has 1 aromatic heterocycles. The van der Waals surface area contributed by atoms with Gasteiger partial charge in [0.2, 0.25) is 0 Å². The summed E-state index contributed by atoms with van der Waals surface area (Å²) in [5, 5.41) is 35.1. The molecule has 148 valence electrons. The number of aromatic nitrogens is 2. The van der Waals surface area contributed by atoms with E-state index in [0.29, 0.717) is 29.8 Å². The lowest BCUT2D eigenvalue weighted by molar-refractivity contribution is 0.0910. The Labute approximate surface area is 162 Å². The Morgan fingerprint density at radius 3 is 2.64 bits per heavy atom. The number of rotatable bonds is 5. The van der Waals surface area contributed by atoms with Crippen LogP contribution >= 0.6 is 0 Å². The topological polar surface area (TPSA) is 111 Å². The molecule has 0 saturated heterocycles. The van der Waals surface area contributed by atoms with Crippen LogP contribution in [0.3, 0.4) is 0 Å². The van der Waals surface area contributed by atoms with E-state index in [-0.39, 0.29) is 35.7 Å². The van der Waals surface area contributed by atoms with Crippen LogP contribution in [0.5, 0.6) is 0 Å². The Morgan fingerprint density at radius 1 is 1.36 bits per heavy atom. The fraction of sp³-hybridized carbons (Fsp3) is 0.450. The zero-order valence-electron chi connectivity index (χ0n) is 16.1. The normalized spacial score (nSPS) is 15.4. The molecule has 0 saturated carbocycles. The van der Waals surface area contributed by atoms with Crippen molar-refractivity contribution in [3.05, 3.63) is 40.5 Å². The molecule has 1 aliphatic rings. The number of nitriles is 1. The van der Waals surface area contributed by atoms with Crippen molar-refractivity contribution in [2.24, 2.45) is 5.41 Å². The van der Waals surface area contributed by atoms with Gasteiger partial charge in [-0.3, -0.25) is 4.79 Å². The van der Waals surface area contributed by atoms with Crippen molar-refractivity contribution in [2.45, 2.75) is 39.7 Å². The minimum Gasteiger partial charge on any atom is -0.394 e. The molecule has 0 aliphatic heterocycles. The van der Waals surface area contributed by atoms with Crippen LogP contribution in [0.25, 0.3) is 5.69 Å². The Bertz CT molecular complexity index is 971. The average molecular weight is 386 g/mol. The van der Waals surface area contributed by atoms with E-state index in [2.05, 4.69) is 10.4 Å². The molecule has 1 aromatic carbocycles. The first-order valence-electron chi connectivity index (χ1n) is 9.04. The Kier molecular flexibility index (Phi) is 5.24. The maximum absolute atomic E-state index is 14.6. The van der Waals surface area contributed by atoms with Crippen LogP contribution in [0.4, 0.5) is 10.1 Å². The molecule has 1 heterocycles. The fourth-order valence-electron chi connectivity index (χ4n) is 3.66. The molecular formula is C20H23FN4O3. The molecule has 0 atom stereocenters. The molecule has 8 heteroatoms. The molecule has 1 aliphatic carbocycles. The Morgan fingerprint density at radius 2 is 2.04 bits per heavy atom. The van der Waals surface area contributed by atoms with Crippen LogP contribution in [-0.4, -0.2) is 45.0 Å². The minimum atomic E-state index is -0.750. The van der Waals surface area contributed by atoms with Gasteiger partial charge in [-0.25, -0.2) is 9.07 Å². The number of hydrogen-bond acceptors (Lipinski definition) is 6. The van der Waals surface area contributed by atoms with Crippen LogP contribution in [-0.2, 0) is 6.42 Å². The van der Waals surface area contributed by atoms with Crippen molar-refractivity contribution in [2.75, 3.05) is 18.5 Å². The van der Waals surface area contributed by atoms with Crippen LogP contribution < -0.4 is 5.32 Å². The smallest absolute Gasteiger partial charge is 0.167 e. The number of hydrogen-bond donors (Lipinski definition) is 3. The Balaban J connectivity index is 2.16. The van der Waals surface area contributed by atoms with E-state index >= 15 is 0 Å². The number of ketones is 1. The van der Waals surface area contributed by atoms with E-state index in [1.165, 1.54) is 6.07 Å². The summed E-state index contributed by atoms with van der Waals surface area (Å²) >= 11 is 0. The number of anilines is 1. The summed E-state index contributed by atoms with van der Waals surface area (Å²) in [5.41, 5.74) is 1.93. The van der Waals surface area contributed by atoms with E-state index in [4.69, 9.17) is 0 Å². The van der Waals surface area contributed by atoms with Crippen molar-refractivity contribution >= 4 is 11.5 Å². The van der Waals surface area contributed by atoms with E-state index in [1.807, 2.05) is 13.8 Å². The van der Waals surface area contributed by atoms with Gasteiger partial charge < -0.3 is 15.5 Å². The zero-order chi connectivity index (χ0) is 20.6. The summed E-state index contributed by atoms with van der Waals surface area (Å²) in [6, 6.07) is 3.80. The van der Waals surface area contributed by atoms with Crippen LogP contribution in [0.15, 0.2) is 12.1 Å². The van der Waals surface area contributed by atoms with Gasteiger partial charge in [0, 0.05) is 12.5 Å². The number of carbonyl (C=O) groups excluding carboxylic acids is 1. The number of fused-ring (bicyclic) bond motifs is 1. The van der Waals surface area contributed by atoms with E-state index in [1.54, 1.807) is 23.7 Å². The van der Waals surface area contributed by atoms with Crippen molar-refractivity contribution in [3.63, 3.8) is 0 Å². The second-order valence-electron chi connectivity index (χ2n) is 7.93.